The van der Waals surface area contributed by atoms with Crippen molar-refractivity contribution in [2.24, 2.45) is 0 Å². The molecule has 0 spiro atoms. The second-order valence-electron chi connectivity index (χ2n) is 7.86. The average molecular weight is 476 g/mol. The molecule has 1 atom stereocenters. The molecule has 0 saturated heterocycles. The largest absolute Gasteiger partial charge is 0.406 e. The van der Waals surface area contributed by atoms with Crippen LogP contribution >= 0.6 is 0 Å². The summed E-state index contributed by atoms with van der Waals surface area (Å²) >= 11 is 0. The molecule has 4 rings (SSSR count). The summed E-state index contributed by atoms with van der Waals surface area (Å²) in [5, 5.41) is 6.93. The number of aromatic nitrogens is 4. The topological polar surface area (TPSA) is 113 Å². The molecule has 34 heavy (non-hydrogen) atoms. The van der Waals surface area contributed by atoms with Gasteiger partial charge >= 0.3 is 6.18 Å². The first-order valence-electron chi connectivity index (χ1n) is 10.4. The van der Waals surface area contributed by atoms with Crippen LogP contribution in [-0.2, 0) is 17.8 Å². The third kappa shape index (κ3) is 4.91. The number of fused-ring (bicyclic) bond motifs is 1. The van der Waals surface area contributed by atoms with E-state index in [1.165, 1.54) is 6.07 Å². The Morgan fingerprint density at radius 2 is 2.12 bits per heavy atom. The van der Waals surface area contributed by atoms with Crippen molar-refractivity contribution in [3.05, 3.63) is 54.2 Å². The minimum absolute atomic E-state index is 0.0383. The first-order chi connectivity index (χ1) is 16.2. The van der Waals surface area contributed by atoms with E-state index in [9.17, 15) is 18.0 Å². The van der Waals surface area contributed by atoms with E-state index in [0.29, 0.717) is 28.8 Å². The Morgan fingerprint density at radius 3 is 2.85 bits per heavy atom. The second-order valence-corrected chi connectivity index (χ2v) is 7.86. The lowest BCUT2D eigenvalue weighted by molar-refractivity contribution is -0.139. The van der Waals surface area contributed by atoms with Gasteiger partial charge in [-0.2, -0.15) is 18.2 Å². The summed E-state index contributed by atoms with van der Waals surface area (Å²) in [5.74, 6) is -0.349. The number of nitrogens with zero attached hydrogens (tertiary/aromatic N) is 4. The maximum absolute atomic E-state index is 13.2. The van der Waals surface area contributed by atoms with Crippen LogP contribution in [0.25, 0.3) is 22.4 Å². The molecule has 1 aromatic carbocycles. The highest BCUT2D eigenvalue weighted by Gasteiger charge is 2.31. The molecule has 0 aliphatic carbocycles. The van der Waals surface area contributed by atoms with Crippen LogP contribution in [0.4, 0.5) is 18.9 Å². The molecule has 0 radical (unpaired) electrons. The van der Waals surface area contributed by atoms with Gasteiger partial charge in [0.05, 0.1) is 36.0 Å². The monoisotopic (exact) mass is 476 g/mol. The van der Waals surface area contributed by atoms with E-state index in [1.807, 2.05) is 11.5 Å². The minimum atomic E-state index is -4.47. The van der Waals surface area contributed by atoms with E-state index in [-0.39, 0.29) is 35.9 Å². The van der Waals surface area contributed by atoms with Crippen LogP contribution in [0.1, 0.15) is 29.2 Å². The van der Waals surface area contributed by atoms with Crippen molar-refractivity contribution < 1.29 is 27.2 Å². The lowest BCUT2D eigenvalue weighted by Gasteiger charge is -2.11. The molecule has 0 bridgehead atoms. The van der Waals surface area contributed by atoms with Crippen molar-refractivity contribution in [3.8, 4) is 11.5 Å². The van der Waals surface area contributed by atoms with E-state index in [1.54, 1.807) is 43.8 Å². The summed E-state index contributed by atoms with van der Waals surface area (Å²) < 4.78 is 52.9. The van der Waals surface area contributed by atoms with E-state index in [0.717, 1.165) is 4.57 Å². The Morgan fingerprint density at radius 1 is 1.32 bits per heavy atom. The standard InChI is InChI=1S/C22H23F3N6O3/c1-13(11-33-2)30-7-6-14(10-30)21(32)27-9-19-28-20(29-34-19)18-8-15-16(26)4-3-5-17(15)31(18)12-22(23,24)25/h3-8,10,13H,9,11-12,26H2,1-2H3,(H,27,32). The van der Waals surface area contributed by atoms with Crippen molar-refractivity contribution in [3.63, 3.8) is 0 Å². The highest BCUT2D eigenvalue weighted by molar-refractivity contribution is 5.95. The number of nitrogens with two attached hydrogens (primary N) is 1. The highest BCUT2D eigenvalue weighted by atomic mass is 19.4. The quantitative estimate of drug-likeness (QED) is 0.374. The number of halogens is 3. The van der Waals surface area contributed by atoms with Gasteiger partial charge in [0, 0.05) is 30.6 Å². The first-order valence-corrected chi connectivity index (χ1v) is 10.4. The SMILES string of the molecule is COCC(C)n1ccc(C(=O)NCc2nc(-c3cc4c(N)cccc4n3CC(F)(F)F)no2)c1. The number of alkyl halides is 3. The molecule has 3 aromatic heterocycles. The van der Waals surface area contributed by atoms with Gasteiger partial charge in [0.2, 0.25) is 11.7 Å². The third-order valence-corrected chi connectivity index (χ3v) is 5.31. The second kappa shape index (κ2) is 9.21. The zero-order valence-electron chi connectivity index (χ0n) is 18.5. The third-order valence-electron chi connectivity index (χ3n) is 5.31. The molecular formula is C22H23F3N6O3. The summed E-state index contributed by atoms with van der Waals surface area (Å²) in [5.41, 5.74) is 7.13. The van der Waals surface area contributed by atoms with Crippen LogP contribution < -0.4 is 11.1 Å². The molecule has 9 nitrogen and oxygen atoms in total. The molecule has 12 heteroatoms. The molecule has 1 unspecified atom stereocenters. The lowest BCUT2D eigenvalue weighted by Crippen LogP contribution is -2.22. The van der Waals surface area contributed by atoms with Crippen LogP contribution in [0.2, 0.25) is 0 Å². The maximum Gasteiger partial charge on any atom is 0.406 e. The number of carbonyl (C=O) groups is 1. The van der Waals surface area contributed by atoms with Gasteiger partial charge in [0.1, 0.15) is 6.54 Å². The molecule has 0 aliphatic rings. The van der Waals surface area contributed by atoms with Gasteiger partial charge in [-0.05, 0) is 31.2 Å². The molecule has 0 fully saturated rings. The maximum atomic E-state index is 13.2. The summed E-state index contributed by atoms with van der Waals surface area (Å²) in [6, 6.07) is 7.94. The van der Waals surface area contributed by atoms with Gasteiger partial charge in [-0.25, -0.2) is 0 Å². The number of hydrogen-bond acceptors (Lipinski definition) is 6. The number of carbonyl (C=O) groups excluding carboxylic acids is 1. The lowest BCUT2D eigenvalue weighted by atomic mass is 10.2. The van der Waals surface area contributed by atoms with Crippen molar-refractivity contribution >= 4 is 22.5 Å². The molecule has 0 aliphatic heterocycles. The number of anilines is 1. The Hall–Kier alpha value is -3.80. The van der Waals surface area contributed by atoms with Crippen molar-refractivity contribution in [2.75, 3.05) is 19.5 Å². The Labute approximate surface area is 192 Å². The van der Waals surface area contributed by atoms with Crippen LogP contribution in [-0.4, -0.2) is 45.1 Å². The van der Waals surface area contributed by atoms with Gasteiger partial charge in [0.25, 0.3) is 5.91 Å². The van der Waals surface area contributed by atoms with Crippen molar-refractivity contribution in [1.29, 1.82) is 0 Å². The molecular weight excluding hydrogens is 453 g/mol. The highest BCUT2D eigenvalue weighted by Crippen LogP contribution is 2.32. The number of methoxy groups -OCH3 is 1. The zero-order chi connectivity index (χ0) is 24.5. The molecule has 3 N–H and O–H groups in total. The number of benzene rings is 1. The number of hydrogen-bond donors (Lipinski definition) is 2. The fourth-order valence-electron chi connectivity index (χ4n) is 3.68. The smallest absolute Gasteiger partial charge is 0.398 e. The van der Waals surface area contributed by atoms with Crippen LogP contribution in [0, 0.1) is 0 Å². The van der Waals surface area contributed by atoms with Crippen LogP contribution in [0.3, 0.4) is 0 Å². The first kappa shape index (κ1) is 23.4. The molecule has 1 amide bonds. The van der Waals surface area contributed by atoms with Gasteiger partial charge < -0.3 is 29.4 Å². The van der Waals surface area contributed by atoms with Gasteiger partial charge in [-0.1, -0.05) is 11.2 Å². The summed E-state index contributed by atoms with van der Waals surface area (Å²) in [7, 11) is 1.60. The number of amides is 1. The summed E-state index contributed by atoms with van der Waals surface area (Å²) in [6.45, 7) is 1.12. The van der Waals surface area contributed by atoms with Crippen molar-refractivity contribution in [2.45, 2.75) is 32.2 Å². The summed E-state index contributed by atoms with van der Waals surface area (Å²) in [4.78, 5) is 16.6. The minimum Gasteiger partial charge on any atom is -0.398 e. The number of nitrogens with one attached hydrogen (secondary N) is 1. The molecule has 4 aromatic rings. The fraction of sp³-hybridized carbons (Fsp3) is 0.318. The molecule has 0 saturated carbocycles. The van der Waals surface area contributed by atoms with E-state index >= 15 is 0 Å². The normalized spacial score (nSPS) is 12.9. The fourth-order valence-corrected chi connectivity index (χ4v) is 3.68. The Bertz CT molecular complexity index is 1310. The van der Waals surface area contributed by atoms with E-state index in [4.69, 9.17) is 15.0 Å². The predicted molar refractivity (Wildman–Crippen MR) is 118 cm³/mol. The van der Waals surface area contributed by atoms with Gasteiger partial charge in [-0.15, -0.1) is 0 Å². The summed E-state index contributed by atoms with van der Waals surface area (Å²) in [6.07, 6.45) is -1.00. The Kier molecular flexibility index (Phi) is 6.33. The predicted octanol–water partition coefficient (Wildman–Crippen LogP) is 3.77. The zero-order valence-corrected chi connectivity index (χ0v) is 18.5. The van der Waals surface area contributed by atoms with Crippen LogP contribution in [0.15, 0.2) is 47.2 Å². The number of rotatable bonds is 8. The van der Waals surface area contributed by atoms with Gasteiger partial charge in [0.15, 0.2) is 0 Å². The molecule has 3 heterocycles. The van der Waals surface area contributed by atoms with Crippen LogP contribution in [0.5, 0.6) is 0 Å². The van der Waals surface area contributed by atoms with E-state index < -0.39 is 12.7 Å². The van der Waals surface area contributed by atoms with Gasteiger partial charge in [-0.3, -0.25) is 4.79 Å². The average Bonchev–Trinajstić information content (AvgIpc) is 3.51. The number of ether oxygens (including phenoxy) is 1. The van der Waals surface area contributed by atoms with Crippen molar-refractivity contribution in [1.82, 2.24) is 24.6 Å². The van der Waals surface area contributed by atoms with E-state index in [2.05, 4.69) is 15.5 Å². The Balaban J connectivity index is 1.52. The number of nitrogen functional groups attached to an aromatic ring is 1. The molecule has 180 valence electrons.